The van der Waals surface area contributed by atoms with E-state index in [1.807, 2.05) is 0 Å². The van der Waals surface area contributed by atoms with Gasteiger partial charge >= 0.3 is 6.18 Å². The minimum absolute atomic E-state index is 0.413. The first-order valence-corrected chi connectivity index (χ1v) is 4.50. The van der Waals surface area contributed by atoms with Crippen molar-refractivity contribution in [3.05, 3.63) is 30.0 Å². The number of aryl methyl sites for hydroxylation is 2. The number of rotatable bonds is 1. The Kier molecular flexibility index (Phi) is 2.25. The van der Waals surface area contributed by atoms with Gasteiger partial charge in [0, 0.05) is 12.7 Å². The van der Waals surface area contributed by atoms with Crippen LogP contribution in [-0.2, 0) is 13.2 Å². The molecule has 0 saturated carbocycles. The lowest BCUT2D eigenvalue weighted by Gasteiger charge is -2.04. The highest BCUT2D eigenvalue weighted by atomic mass is 19.4. The predicted molar refractivity (Wildman–Crippen MR) is 50.1 cm³/mol. The summed E-state index contributed by atoms with van der Waals surface area (Å²) >= 11 is 0. The molecule has 0 aliphatic carbocycles. The molecule has 2 rings (SSSR count). The summed E-state index contributed by atoms with van der Waals surface area (Å²) in [4.78, 5) is 3.83. The molecule has 2 aromatic heterocycles. The molecule has 0 aromatic carbocycles. The first-order valence-electron chi connectivity index (χ1n) is 4.50. The van der Waals surface area contributed by atoms with Crippen molar-refractivity contribution in [2.45, 2.75) is 13.1 Å². The second kappa shape index (κ2) is 3.36. The molecule has 0 aliphatic rings. The van der Waals surface area contributed by atoms with E-state index in [0.717, 1.165) is 6.07 Å². The van der Waals surface area contributed by atoms with Crippen molar-refractivity contribution in [1.29, 1.82) is 0 Å². The summed E-state index contributed by atoms with van der Waals surface area (Å²) in [5, 5.41) is 3.52. The number of aromatic nitrogens is 4. The highest BCUT2D eigenvalue weighted by Gasteiger charge is 2.34. The highest BCUT2D eigenvalue weighted by Crippen LogP contribution is 2.29. The molecule has 0 saturated heterocycles. The predicted octanol–water partition coefficient (Wildman–Crippen LogP) is 1.93. The second-order valence-corrected chi connectivity index (χ2v) is 3.44. The smallest absolute Gasteiger partial charge is 0.319 e. The van der Waals surface area contributed by atoms with Crippen LogP contribution in [0.25, 0.3) is 5.82 Å². The average Bonchev–Trinajstić information content (AvgIpc) is 2.70. The van der Waals surface area contributed by atoms with Crippen LogP contribution in [0.3, 0.4) is 0 Å². The van der Waals surface area contributed by atoms with E-state index in [4.69, 9.17) is 0 Å². The summed E-state index contributed by atoms with van der Waals surface area (Å²) in [6.07, 6.45) is -1.46. The maximum atomic E-state index is 12.4. The minimum Gasteiger partial charge on any atom is -0.319 e. The molecule has 86 valence electrons. The topological polar surface area (TPSA) is 35.6 Å². The number of imidazole rings is 1. The maximum Gasteiger partial charge on any atom is 0.435 e. The van der Waals surface area contributed by atoms with E-state index in [0.29, 0.717) is 11.5 Å². The number of hydrogen-bond donors (Lipinski definition) is 0. The van der Waals surface area contributed by atoms with Crippen LogP contribution in [0.4, 0.5) is 13.2 Å². The molecule has 7 heteroatoms. The fraction of sp³-hybridized carbons (Fsp3) is 0.333. The van der Waals surface area contributed by atoms with Crippen molar-refractivity contribution in [3.63, 3.8) is 0 Å². The van der Waals surface area contributed by atoms with Crippen molar-refractivity contribution >= 4 is 0 Å². The zero-order chi connectivity index (χ0) is 11.9. The van der Waals surface area contributed by atoms with Crippen molar-refractivity contribution in [1.82, 2.24) is 19.3 Å². The van der Waals surface area contributed by atoms with Gasteiger partial charge in [-0.15, -0.1) is 0 Å². The zero-order valence-electron chi connectivity index (χ0n) is 8.65. The SMILES string of the molecule is Cc1cc(C(F)(F)F)nn1-c1cncn1C. The zero-order valence-corrected chi connectivity index (χ0v) is 8.65. The lowest BCUT2D eigenvalue weighted by atomic mass is 10.4. The van der Waals surface area contributed by atoms with E-state index in [9.17, 15) is 13.2 Å². The van der Waals surface area contributed by atoms with Crippen molar-refractivity contribution in [3.8, 4) is 5.82 Å². The molecule has 2 aromatic rings. The Balaban J connectivity index is 2.52. The van der Waals surface area contributed by atoms with Crippen LogP contribution in [0.1, 0.15) is 11.4 Å². The fourth-order valence-corrected chi connectivity index (χ4v) is 1.40. The van der Waals surface area contributed by atoms with Crippen molar-refractivity contribution in [2.75, 3.05) is 0 Å². The van der Waals surface area contributed by atoms with Crippen LogP contribution in [0.5, 0.6) is 0 Å². The molecular weight excluding hydrogens is 221 g/mol. The van der Waals surface area contributed by atoms with Crippen molar-refractivity contribution < 1.29 is 13.2 Å². The van der Waals surface area contributed by atoms with Crippen LogP contribution in [0.2, 0.25) is 0 Å². The number of alkyl halides is 3. The van der Waals surface area contributed by atoms with E-state index in [1.165, 1.54) is 17.2 Å². The molecule has 0 unspecified atom stereocenters. The lowest BCUT2D eigenvalue weighted by molar-refractivity contribution is -0.141. The third-order valence-corrected chi connectivity index (χ3v) is 2.19. The van der Waals surface area contributed by atoms with E-state index in [-0.39, 0.29) is 0 Å². The van der Waals surface area contributed by atoms with Gasteiger partial charge in [0.1, 0.15) is 0 Å². The number of halogens is 3. The largest absolute Gasteiger partial charge is 0.435 e. The third kappa shape index (κ3) is 1.68. The molecule has 0 radical (unpaired) electrons. The van der Waals surface area contributed by atoms with Gasteiger partial charge in [-0.3, -0.25) is 0 Å². The molecule has 2 heterocycles. The van der Waals surface area contributed by atoms with E-state index in [2.05, 4.69) is 10.1 Å². The standard InChI is InChI=1S/C9H9F3N4/c1-6-3-7(9(10,11)12)14-16(6)8-4-13-5-15(8)2/h3-5H,1-2H3. The molecule has 0 atom stereocenters. The Morgan fingerprint density at radius 2 is 2.00 bits per heavy atom. The van der Waals surface area contributed by atoms with Gasteiger partial charge in [-0.25, -0.2) is 9.67 Å². The Hall–Kier alpha value is -1.79. The molecule has 0 spiro atoms. The third-order valence-electron chi connectivity index (χ3n) is 2.19. The molecule has 0 fully saturated rings. The van der Waals surface area contributed by atoms with Gasteiger partial charge < -0.3 is 4.57 Å². The van der Waals surface area contributed by atoms with E-state index >= 15 is 0 Å². The normalized spacial score (nSPS) is 12.1. The summed E-state index contributed by atoms with van der Waals surface area (Å²) in [7, 11) is 1.69. The van der Waals surface area contributed by atoms with E-state index < -0.39 is 11.9 Å². The molecule has 0 amide bonds. The Bertz CT molecular complexity index is 509. The highest BCUT2D eigenvalue weighted by molar-refractivity contribution is 5.25. The summed E-state index contributed by atoms with van der Waals surface area (Å²) in [5.41, 5.74) is -0.484. The first-order chi connectivity index (χ1) is 7.39. The monoisotopic (exact) mass is 230 g/mol. The molecular formula is C9H9F3N4. The van der Waals surface area contributed by atoms with Crippen LogP contribution >= 0.6 is 0 Å². The fourth-order valence-electron chi connectivity index (χ4n) is 1.40. The number of hydrogen-bond acceptors (Lipinski definition) is 2. The van der Waals surface area contributed by atoms with Gasteiger partial charge in [-0.05, 0) is 13.0 Å². The van der Waals surface area contributed by atoms with E-state index in [1.54, 1.807) is 18.5 Å². The van der Waals surface area contributed by atoms with Gasteiger partial charge in [-0.1, -0.05) is 0 Å². The van der Waals surface area contributed by atoms with Crippen LogP contribution in [-0.4, -0.2) is 19.3 Å². The van der Waals surface area contributed by atoms with Gasteiger partial charge in [0.2, 0.25) is 0 Å². The minimum atomic E-state index is -4.42. The Morgan fingerprint density at radius 3 is 2.44 bits per heavy atom. The van der Waals surface area contributed by atoms with Gasteiger partial charge in [0.25, 0.3) is 0 Å². The Labute approximate surface area is 89.3 Å². The molecule has 16 heavy (non-hydrogen) atoms. The molecule has 0 bridgehead atoms. The van der Waals surface area contributed by atoms with Crippen LogP contribution in [0.15, 0.2) is 18.6 Å². The summed E-state index contributed by atoms with van der Waals surface area (Å²) in [6, 6.07) is 1.01. The number of nitrogens with zero attached hydrogens (tertiary/aromatic N) is 4. The lowest BCUT2D eigenvalue weighted by Crippen LogP contribution is -2.09. The second-order valence-electron chi connectivity index (χ2n) is 3.44. The molecule has 0 N–H and O–H groups in total. The summed E-state index contributed by atoms with van der Waals surface area (Å²) < 4.78 is 40.1. The van der Waals surface area contributed by atoms with Gasteiger partial charge in [0.05, 0.1) is 12.5 Å². The Morgan fingerprint density at radius 1 is 1.31 bits per heavy atom. The van der Waals surface area contributed by atoms with Gasteiger partial charge in [-0.2, -0.15) is 18.3 Å². The van der Waals surface area contributed by atoms with Crippen LogP contribution < -0.4 is 0 Å². The molecule has 4 nitrogen and oxygen atoms in total. The average molecular weight is 230 g/mol. The maximum absolute atomic E-state index is 12.4. The summed E-state index contributed by atoms with van der Waals surface area (Å²) in [5.74, 6) is 0.494. The van der Waals surface area contributed by atoms with Crippen molar-refractivity contribution in [2.24, 2.45) is 7.05 Å². The molecule has 0 aliphatic heterocycles. The first kappa shape index (κ1) is 10.7. The van der Waals surface area contributed by atoms with Gasteiger partial charge in [0.15, 0.2) is 11.5 Å². The quantitative estimate of drug-likeness (QED) is 0.750. The summed E-state index contributed by atoms with van der Waals surface area (Å²) in [6.45, 7) is 1.56. The van der Waals surface area contributed by atoms with Crippen LogP contribution in [0, 0.1) is 6.92 Å².